The van der Waals surface area contributed by atoms with Crippen LogP contribution in [0.15, 0.2) is 12.1 Å². The predicted octanol–water partition coefficient (Wildman–Crippen LogP) is 1.90. The molecule has 0 saturated carbocycles. The first-order valence-corrected chi connectivity index (χ1v) is 4.30. The maximum absolute atomic E-state index is 5.79. The Labute approximate surface area is 72.3 Å². The first-order valence-electron chi connectivity index (χ1n) is 4.30. The average molecular weight is 163 g/mol. The van der Waals surface area contributed by atoms with Gasteiger partial charge in [0.1, 0.15) is 5.75 Å². The molecule has 1 aromatic rings. The third-order valence-electron chi connectivity index (χ3n) is 2.43. The summed E-state index contributed by atoms with van der Waals surface area (Å²) in [6.45, 7) is 2.90. The van der Waals surface area contributed by atoms with Crippen molar-refractivity contribution < 1.29 is 4.74 Å². The van der Waals surface area contributed by atoms with Gasteiger partial charge in [0.05, 0.1) is 6.61 Å². The molecule has 12 heavy (non-hydrogen) atoms. The number of hydrogen-bond donors (Lipinski definition) is 1. The molecule has 1 heterocycles. The molecule has 0 radical (unpaired) electrons. The maximum atomic E-state index is 5.79. The van der Waals surface area contributed by atoms with Gasteiger partial charge in [0.25, 0.3) is 0 Å². The van der Waals surface area contributed by atoms with Gasteiger partial charge in [-0.1, -0.05) is 0 Å². The molecule has 1 aromatic carbocycles. The van der Waals surface area contributed by atoms with Crippen LogP contribution in [0.5, 0.6) is 5.75 Å². The van der Waals surface area contributed by atoms with E-state index in [1.807, 2.05) is 12.1 Å². The Morgan fingerprint density at radius 3 is 3.08 bits per heavy atom. The lowest BCUT2D eigenvalue weighted by Gasteiger charge is -2.19. The topological polar surface area (TPSA) is 35.2 Å². The van der Waals surface area contributed by atoms with E-state index in [0.29, 0.717) is 0 Å². The Balaban J connectivity index is 2.54. The van der Waals surface area contributed by atoms with Crippen molar-refractivity contribution in [3.8, 4) is 5.75 Å². The maximum Gasteiger partial charge on any atom is 0.122 e. The SMILES string of the molecule is Cc1c(N)ccc2c1CCCO2. The van der Waals surface area contributed by atoms with Gasteiger partial charge in [-0.15, -0.1) is 0 Å². The van der Waals surface area contributed by atoms with Crippen LogP contribution >= 0.6 is 0 Å². The fourth-order valence-electron chi connectivity index (χ4n) is 1.63. The minimum absolute atomic E-state index is 0.844. The molecule has 0 atom stereocenters. The van der Waals surface area contributed by atoms with Crippen LogP contribution in [0.1, 0.15) is 17.5 Å². The highest BCUT2D eigenvalue weighted by Crippen LogP contribution is 2.30. The van der Waals surface area contributed by atoms with Crippen molar-refractivity contribution in [2.75, 3.05) is 12.3 Å². The van der Waals surface area contributed by atoms with E-state index < -0.39 is 0 Å². The highest BCUT2D eigenvalue weighted by molar-refractivity contribution is 5.56. The van der Waals surface area contributed by atoms with Gasteiger partial charge in [0.15, 0.2) is 0 Å². The first kappa shape index (κ1) is 7.47. The van der Waals surface area contributed by atoms with E-state index in [1.165, 1.54) is 11.1 Å². The van der Waals surface area contributed by atoms with Gasteiger partial charge in [0, 0.05) is 5.69 Å². The van der Waals surface area contributed by atoms with Crippen LogP contribution in [0.3, 0.4) is 0 Å². The monoisotopic (exact) mass is 163 g/mol. The molecular weight excluding hydrogens is 150 g/mol. The van der Waals surface area contributed by atoms with Crippen LogP contribution in [0, 0.1) is 6.92 Å². The smallest absolute Gasteiger partial charge is 0.122 e. The third-order valence-corrected chi connectivity index (χ3v) is 2.43. The quantitative estimate of drug-likeness (QED) is 0.593. The molecular formula is C10H13NO. The molecule has 0 aliphatic carbocycles. The minimum Gasteiger partial charge on any atom is -0.493 e. The third kappa shape index (κ3) is 1.04. The van der Waals surface area contributed by atoms with Crippen LogP contribution in [0.4, 0.5) is 5.69 Å². The van der Waals surface area contributed by atoms with E-state index in [4.69, 9.17) is 10.5 Å². The van der Waals surface area contributed by atoms with Crippen LogP contribution in [0.2, 0.25) is 0 Å². The molecule has 0 spiro atoms. The Morgan fingerprint density at radius 1 is 1.42 bits per heavy atom. The zero-order chi connectivity index (χ0) is 8.55. The van der Waals surface area contributed by atoms with E-state index in [9.17, 15) is 0 Å². The Morgan fingerprint density at radius 2 is 2.25 bits per heavy atom. The summed E-state index contributed by atoms with van der Waals surface area (Å²) in [4.78, 5) is 0. The second kappa shape index (κ2) is 2.70. The van der Waals surface area contributed by atoms with Gasteiger partial charge in [0.2, 0.25) is 0 Å². The van der Waals surface area contributed by atoms with Crippen molar-refractivity contribution in [1.82, 2.24) is 0 Å². The number of nitrogens with two attached hydrogens (primary N) is 1. The molecule has 1 aliphatic heterocycles. The number of fused-ring (bicyclic) bond motifs is 1. The largest absolute Gasteiger partial charge is 0.493 e. The van der Waals surface area contributed by atoms with Crippen LogP contribution < -0.4 is 10.5 Å². The molecule has 0 fully saturated rings. The zero-order valence-electron chi connectivity index (χ0n) is 7.26. The number of ether oxygens (including phenoxy) is 1. The lowest BCUT2D eigenvalue weighted by molar-refractivity contribution is 0.288. The van der Waals surface area contributed by atoms with Gasteiger partial charge < -0.3 is 10.5 Å². The van der Waals surface area contributed by atoms with Crippen molar-refractivity contribution in [2.24, 2.45) is 0 Å². The van der Waals surface area contributed by atoms with Crippen molar-refractivity contribution >= 4 is 5.69 Å². The summed E-state index contributed by atoms with van der Waals surface area (Å²) in [5.74, 6) is 1.02. The Hall–Kier alpha value is -1.18. The van der Waals surface area contributed by atoms with E-state index in [2.05, 4.69) is 6.92 Å². The van der Waals surface area contributed by atoms with E-state index in [1.54, 1.807) is 0 Å². The molecule has 1 aliphatic rings. The van der Waals surface area contributed by atoms with Crippen molar-refractivity contribution in [3.63, 3.8) is 0 Å². The van der Waals surface area contributed by atoms with Gasteiger partial charge in [-0.25, -0.2) is 0 Å². The Kier molecular flexibility index (Phi) is 1.68. The average Bonchev–Trinajstić information content (AvgIpc) is 2.12. The summed E-state index contributed by atoms with van der Waals surface area (Å²) in [5, 5.41) is 0. The van der Waals surface area contributed by atoms with Gasteiger partial charge in [-0.3, -0.25) is 0 Å². The number of benzene rings is 1. The molecule has 2 N–H and O–H groups in total. The number of anilines is 1. The van der Waals surface area contributed by atoms with Gasteiger partial charge >= 0.3 is 0 Å². The lowest BCUT2D eigenvalue weighted by Crippen LogP contribution is -2.10. The molecule has 2 nitrogen and oxygen atoms in total. The van der Waals surface area contributed by atoms with Gasteiger partial charge in [-0.2, -0.15) is 0 Å². The summed E-state index contributed by atoms with van der Waals surface area (Å²) in [7, 11) is 0. The van der Waals surface area contributed by atoms with Crippen molar-refractivity contribution in [3.05, 3.63) is 23.3 Å². The lowest BCUT2D eigenvalue weighted by atomic mass is 10.00. The number of rotatable bonds is 0. The summed E-state index contributed by atoms with van der Waals surface area (Å²) >= 11 is 0. The second-order valence-corrected chi connectivity index (χ2v) is 3.21. The summed E-state index contributed by atoms with van der Waals surface area (Å²) < 4.78 is 5.50. The van der Waals surface area contributed by atoms with Crippen molar-refractivity contribution in [1.29, 1.82) is 0 Å². The Bertz CT molecular complexity index is 307. The van der Waals surface area contributed by atoms with Crippen LogP contribution in [0.25, 0.3) is 0 Å². The van der Waals surface area contributed by atoms with Crippen LogP contribution in [-0.2, 0) is 6.42 Å². The molecule has 2 heteroatoms. The molecule has 0 amide bonds. The molecule has 64 valence electrons. The fourth-order valence-corrected chi connectivity index (χ4v) is 1.63. The minimum atomic E-state index is 0.844. The molecule has 0 bridgehead atoms. The fraction of sp³-hybridized carbons (Fsp3) is 0.400. The molecule has 2 rings (SSSR count). The first-order chi connectivity index (χ1) is 5.79. The predicted molar refractivity (Wildman–Crippen MR) is 49.4 cm³/mol. The van der Waals surface area contributed by atoms with E-state index >= 15 is 0 Å². The molecule has 0 unspecified atom stereocenters. The standard InChI is InChI=1S/C10H13NO/c1-7-8-3-2-6-12-10(8)5-4-9(7)11/h4-5H,2-3,6,11H2,1H3. The summed E-state index contributed by atoms with van der Waals surface area (Å²) in [6.07, 6.45) is 2.21. The number of nitrogen functional groups attached to an aromatic ring is 1. The van der Waals surface area contributed by atoms with E-state index in [0.717, 1.165) is 30.9 Å². The van der Waals surface area contributed by atoms with Crippen molar-refractivity contribution in [2.45, 2.75) is 19.8 Å². The molecule has 0 saturated heterocycles. The van der Waals surface area contributed by atoms with Crippen LogP contribution in [-0.4, -0.2) is 6.61 Å². The summed E-state index contributed by atoms with van der Waals surface area (Å²) in [6, 6.07) is 3.89. The second-order valence-electron chi connectivity index (χ2n) is 3.21. The van der Waals surface area contributed by atoms with Gasteiger partial charge in [-0.05, 0) is 43.0 Å². The highest BCUT2D eigenvalue weighted by atomic mass is 16.5. The van der Waals surface area contributed by atoms with E-state index in [-0.39, 0.29) is 0 Å². The highest BCUT2D eigenvalue weighted by Gasteiger charge is 2.13. The molecule has 0 aromatic heterocycles. The number of hydrogen-bond acceptors (Lipinski definition) is 2. The summed E-state index contributed by atoms with van der Waals surface area (Å²) in [5.41, 5.74) is 9.14. The zero-order valence-corrected chi connectivity index (χ0v) is 7.26. The normalized spacial score (nSPS) is 15.1.